The molecule has 2 rings (SSSR count). The van der Waals surface area contributed by atoms with E-state index in [-0.39, 0.29) is 5.41 Å². The van der Waals surface area contributed by atoms with E-state index >= 15 is 0 Å². The molecule has 0 amide bonds. The molecule has 2 aromatic carbocycles. The highest BCUT2D eigenvalue weighted by Gasteiger charge is 2.12. The van der Waals surface area contributed by atoms with E-state index in [0.29, 0.717) is 10.8 Å². The molecular weight excluding hydrogens is 312 g/mol. The maximum Gasteiger partial charge on any atom is -0.0132 e. The average molecular weight is 355 g/mol. The molecule has 0 spiro atoms. The second kappa shape index (κ2) is 9.95. The maximum absolute atomic E-state index is 2.23. The Hall–Kier alpha value is -1.56. The van der Waals surface area contributed by atoms with Gasteiger partial charge in [0.15, 0.2) is 0 Å². The highest BCUT2D eigenvalue weighted by molar-refractivity contribution is 5.26. The first-order valence-electron chi connectivity index (χ1n) is 9.73. The van der Waals surface area contributed by atoms with Crippen LogP contribution in [0.2, 0.25) is 0 Å². The predicted octanol–water partition coefficient (Wildman–Crippen LogP) is 8.33. The first kappa shape index (κ1) is 24.4. The number of rotatable bonds is 0. The lowest BCUT2D eigenvalue weighted by atomic mass is 9.87. The lowest BCUT2D eigenvalue weighted by Crippen LogP contribution is -2.10. The van der Waals surface area contributed by atoms with Gasteiger partial charge in [-0.2, -0.15) is 0 Å². The van der Waals surface area contributed by atoms with Crippen molar-refractivity contribution in [3.05, 3.63) is 71.3 Å². The average Bonchev–Trinajstić information content (AvgIpc) is 2.46. The van der Waals surface area contributed by atoms with Gasteiger partial charge < -0.3 is 0 Å². The van der Waals surface area contributed by atoms with Crippen molar-refractivity contribution in [3.63, 3.8) is 0 Å². The number of aryl methyl sites for hydroxylation is 1. The summed E-state index contributed by atoms with van der Waals surface area (Å²) in [5.41, 5.74) is 5.21. The van der Waals surface area contributed by atoms with Gasteiger partial charge in [0.05, 0.1) is 0 Å². The fraction of sp³-hybridized carbons (Fsp3) is 0.538. The third-order valence-corrected chi connectivity index (χ3v) is 3.56. The molecule has 146 valence electrons. The molecular formula is C26H42. The zero-order valence-electron chi connectivity index (χ0n) is 19.2. The summed E-state index contributed by atoms with van der Waals surface area (Å²) in [4.78, 5) is 0. The van der Waals surface area contributed by atoms with E-state index in [1.165, 1.54) is 16.7 Å². The molecule has 0 saturated carbocycles. The smallest absolute Gasteiger partial charge is 0.0132 e. The van der Waals surface area contributed by atoms with Gasteiger partial charge in [0.25, 0.3) is 0 Å². The van der Waals surface area contributed by atoms with Gasteiger partial charge in [0, 0.05) is 0 Å². The van der Waals surface area contributed by atoms with Crippen LogP contribution in [0.3, 0.4) is 0 Å². The molecule has 0 N–H and O–H groups in total. The Morgan fingerprint density at radius 3 is 1.04 bits per heavy atom. The molecule has 26 heavy (non-hydrogen) atoms. The lowest BCUT2D eigenvalue weighted by molar-refractivity contribution is 0.469. The third kappa shape index (κ3) is 12.8. The quantitative estimate of drug-likeness (QED) is 0.446. The van der Waals surface area contributed by atoms with Gasteiger partial charge in [0.1, 0.15) is 0 Å². The van der Waals surface area contributed by atoms with Gasteiger partial charge in [-0.15, -0.1) is 0 Å². The highest BCUT2D eigenvalue weighted by atomic mass is 14.2. The van der Waals surface area contributed by atoms with Gasteiger partial charge in [0.2, 0.25) is 0 Å². The fourth-order valence-electron chi connectivity index (χ4n) is 1.99. The zero-order valence-corrected chi connectivity index (χ0v) is 19.2. The Morgan fingerprint density at radius 1 is 0.462 bits per heavy atom. The van der Waals surface area contributed by atoms with Crippen LogP contribution in [0, 0.1) is 12.3 Å². The zero-order chi connectivity index (χ0) is 20.6. The molecule has 2 aromatic rings. The van der Waals surface area contributed by atoms with Gasteiger partial charge in [-0.25, -0.2) is 0 Å². The Morgan fingerprint density at radius 2 is 0.769 bits per heavy atom. The summed E-state index contributed by atoms with van der Waals surface area (Å²) in [5, 5.41) is 0. The summed E-state index contributed by atoms with van der Waals surface area (Å²) in [6.45, 7) is 24.2. The Bertz CT molecular complexity index is 590. The molecule has 0 unspecified atom stereocenters. The standard InChI is InChI=1S/C11H16.C10H14.C5H12/c1-9-5-7-10(8-6-9)11(2,3)4;1-10(2,3)9-7-5-4-6-8-9;1-5(2,3)4/h5-8H,1-4H3;4-8H,1-3H3;1-4H3. The minimum atomic E-state index is 0.285. The van der Waals surface area contributed by atoms with E-state index in [9.17, 15) is 0 Å². The third-order valence-electron chi connectivity index (χ3n) is 3.56. The van der Waals surface area contributed by atoms with Crippen LogP contribution in [0.5, 0.6) is 0 Å². The molecule has 0 radical (unpaired) electrons. The molecule has 0 heteroatoms. The molecule has 0 aromatic heterocycles. The first-order valence-corrected chi connectivity index (χ1v) is 9.73. The van der Waals surface area contributed by atoms with E-state index in [4.69, 9.17) is 0 Å². The van der Waals surface area contributed by atoms with Crippen LogP contribution in [-0.2, 0) is 10.8 Å². The van der Waals surface area contributed by atoms with Crippen molar-refractivity contribution < 1.29 is 0 Å². The van der Waals surface area contributed by atoms with Crippen LogP contribution >= 0.6 is 0 Å². The van der Waals surface area contributed by atoms with E-state index in [1.54, 1.807) is 0 Å². The minimum Gasteiger partial charge on any atom is -0.0622 e. The van der Waals surface area contributed by atoms with Crippen molar-refractivity contribution in [1.82, 2.24) is 0 Å². The summed E-state index contributed by atoms with van der Waals surface area (Å²) in [6, 6.07) is 19.3. The second-order valence-corrected chi connectivity index (χ2v) is 10.7. The van der Waals surface area contributed by atoms with Gasteiger partial charge in [-0.05, 0) is 34.3 Å². The van der Waals surface area contributed by atoms with Gasteiger partial charge >= 0.3 is 0 Å². The summed E-state index contributed by atoms with van der Waals surface area (Å²) in [5.74, 6) is 0. The Labute approximate surface area is 164 Å². The van der Waals surface area contributed by atoms with Crippen LogP contribution in [0.4, 0.5) is 0 Å². The van der Waals surface area contributed by atoms with Gasteiger partial charge in [-0.1, -0.05) is 129 Å². The van der Waals surface area contributed by atoms with Crippen LogP contribution in [-0.4, -0.2) is 0 Å². The fourth-order valence-corrected chi connectivity index (χ4v) is 1.99. The van der Waals surface area contributed by atoms with Gasteiger partial charge in [-0.3, -0.25) is 0 Å². The summed E-state index contributed by atoms with van der Waals surface area (Å²) in [6.07, 6.45) is 0. The molecule has 0 aliphatic heterocycles. The van der Waals surface area contributed by atoms with E-state index in [1.807, 2.05) is 0 Å². The molecule has 0 atom stereocenters. The van der Waals surface area contributed by atoms with Crippen molar-refractivity contribution in [2.45, 2.75) is 87.0 Å². The summed E-state index contributed by atoms with van der Waals surface area (Å²) < 4.78 is 0. The van der Waals surface area contributed by atoms with Crippen molar-refractivity contribution in [3.8, 4) is 0 Å². The molecule has 0 fully saturated rings. The van der Waals surface area contributed by atoms with Crippen molar-refractivity contribution in [2.75, 3.05) is 0 Å². The van der Waals surface area contributed by atoms with Crippen LogP contribution in [0.15, 0.2) is 54.6 Å². The summed E-state index contributed by atoms with van der Waals surface area (Å²) >= 11 is 0. The SMILES string of the molecule is CC(C)(C)C.CC(C)(C)c1ccccc1.Cc1ccc(C(C)(C)C)cc1. The Balaban J connectivity index is 0.000000387. The molecule has 0 aliphatic rings. The highest BCUT2D eigenvalue weighted by Crippen LogP contribution is 2.22. The molecule has 0 aliphatic carbocycles. The van der Waals surface area contributed by atoms with Crippen molar-refractivity contribution in [2.24, 2.45) is 5.41 Å². The first-order chi connectivity index (χ1) is 11.6. The van der Waals surface area contributed by atoms with E-state index in [2.05, 4.69) is 131 Å². The molecule has 0 bridgehead atoms. The number of hydrogen-bond donors (Lipinski definition) is 0. The summed E-state index contributed by atoms with van der Waals surface area (Å²) in [7, 11) is 0. The predicted molar refractivity (Wildman–Crippen MR) is 120 cm³/mol. The molecule has 0 heterocycles. The molecule has 0 nitrogen and oxygen atoms in total. The van der Waals surface area contributed by atoms with Crippen LogP contribution in [0.25, 0.3) is 0 Å². The topological polar surface area (TPSA) is 0 Å². The normalized spacial score (nSPS) is 11.7. The lowest BCUT2D eigenvalue weighted by Gasteiger charge is -2.18. The number of hydrogen-bond acceptors (Lipinski definition) is 0. The Kier molecular flexibility index (Phi) is 9.35. The minimum absolute atomic E-state index is 0.285. The van der Waals surface area contributed by atoms with Crippen LogP contribution in [0.1, 0.15) is 85.9 Å². The number of benzene rings is 2. The molecule has 0 saturated heterocycles. The van der Waals surface area contributed by atoms with Crippen molar-refractivity contribution in [1.29, 1.82) is 0 Å². The van der Waals surface area contributed by atoms with E-state index in [0.717, 1.165) is 0 Å². The van der Waals surface area contributed by atoms with Crippen LogP contribution < -0.4 is 0 Å². The van der Waals surface area contributed by atoms with E-state index < -0.39 is 0 Å². The van der Waals surface area contributed by atoms with Crippen molar-refractivity contribution >= 4 is 0 Å². The monoisotopic (exact) mass is 354 g/mol. The second-order valence-electron chi connectivity index (χ2n) is 10.7. The maximum atomic E-state index is 2.23. The largest absolute Gasteiger partial charge is 0.0622 e.